The molecule has 1 heterocycles. The van der Waals surface area contributed by atoms with Gasteiger partial charge in [0, 0.05) is 6.42 Å². The maximum atomic E-state index is 8.78. The normalized spacial score (nSPS) is 23.7. The summed E-state index contributed by atoms with van der Waals surface area (Å²) in [5, 5.41) is 12.7. The highest BCUT2D eigenvalue weighted by atomic mass is 16.6. The number of oxime groups is 1. The molecule has 0 radical (unpaired) electrons. The first-order valence-electron chi connectivity index (χ1n) is 4.34. The average molecular weight is 171 g/mol. The molecule has 0 aromatic heterocycles. The summed E-state index contributed by atoms with van der Waals surface area (Å²) in [7, 11) is 0. The monoisotopic (exact) mass is 171 g/mol. The molecule has 12 heavy (non-hydrogen) atoms. The van der Waals surface area contributed by atoms with Gasteiger partial charge in [0.2, 0.25) is 0 Å². The van der Waals surface area contributed by atoms with Crippen molar-refractivity contribution in [3.8, 4) is 0 Å². The lowest BCUT2D eigenvalue weighted by molar-refractivity contribution is 0.0390. The van der Waals surface area contributed by atoms with Gasteiger partial charge in [-0.25, -0.2) is 0 Å². The lowest BCUT2D eigenvalue weighted by Crippen LogP contribution is -2.16. The number of nitrogens with zero attached hydrogens (tertiary/aromatic N) is 1. The Morgan fingerprint density at radius 2 is 2.25 bits per heavy atom. The minimum atomic E-state index is -0.0950. The third kappa shape index (κ3) is 2.81. The molecule has 1 aliphatic heterocycles. The molecule has 1 aliphatic rings. The Kier molecular flexibility index (Phi) is 2.73. The van der Waals surface area contributed by atoms with Crippen LogP contribution in [-0.2, 0) is 4.84 Å². The second-order valence-electron chi connectivity index (χ2n) is 4.51. The summed E-state index contributed by atoms with van der Waals surface area (Å²) in [6.07, 6.45) is 1.64. The molecule has 1 unspecified atom stereocenters. The van der Waals surface area contributed by atoms with Crippen LogP contribution in [0.1, 0.15) is 33.6 Å². The van der Waals surface area contributed by atoms with Crippen LogP contribution in [0.15, 0.2) is 5.16 Å². The first-order chi connectivity index (χ1) is 5.51. The maximum Gasteiger partial charge on any atom is 0.155 e. The third-order valence-electron chi connectivity index (χ3n) is 1.73. The molecular formula is C9H17NO2. The molecule has 1 rings (SSSR count). The van der Waals surface area contributed by atoms with Gasteiger partial charge in [-0.05, 0) is 11.8 Å². The van der Waals surface area contributed by atoms with Crippen molar-refractivity contribution in [2.24, 2.45) is 10.6 Å². The largest absolute Gasteiger partial charge is 0.392 e. The van der Waals surface area contributed by atoms with Gasteiger partial charge >= 0.3 is 0 Å². The fraction of sp³-hybridized carbons (Fsp3) is 0.889. The van der Waals surface area contributed by atoms with Crippen molar-refractivity contribution in [3.63, 3.8) is 0 Å². The van der Waals surface area contributed by atoms with E-state index in [4.69, 9.17) is 9.94 Å². The summed E-state index contributed by atoms with van der Waals surface area (Å²) < 4.78 is 0. The molecule has 1 atom stereocenters. The number of aliphatic hydroxyl groups is 1. The topological polar surface area (TPSA) is 41.8 Å². The Hall–Kier alpha value is -0.570. The van der Waals surface area contributed by atoms with Gasteiger partial charge in [-0.1, -0.05) is 25.9 Å². The van der Waals surface area contributed by atoms with E-state index >= 15 is 0 Å². The Balaban J connectivity index is 2.37. The van der Waals surface area contributed by atoms with Crippen LogP contribution in [0.25, 0.3) is 0 Å². The zero-order valence-corrected chi connectivity index (χ0v) is 8.00. The van der Waals surface area contributed by atoms with Crippen LogP contribution in [0.2, 0.25) is 0 Å². The van der Waals surface area contributed by atoms with E-state index in [1.807, 2.05) is 0 Å². The van der Waals surface area contributed by atoms with Crippen molar-refractivity contribution >= 4 is 5.71 Å². The van der Waals surface area contributed by atoms with E-state index in [2.05, 4.69) is 25.9 Å². The fourth-order valence-electron chi connectivity index (χ4n) is 1.30. The SMILES string of the molecule is CC(C)(C)CC1=NOC(CO)C1. The van der Waals surface area contributed by atoms with Crippen LogP contribution >= 0.6 is 0 Å². The first kappa shape index (κ1) is 9.52. The number of rotatable bonds is 2. The molecule has 0 amide bonds. The zero-order chi connectivity index (χ0) is 9.19. The predicted octanol–water partition coefficient (Wildman–Crippen LogP) is 1.56. The molecular weight excluding hydrogens is 154 g/mol. The van der Waals surface area contributed by atoms with Crippen molar-refractivity contribution < 1.29 is 9.94 Å². The maximum absolute atomic E-state index is 8.78. The van der Waals surface area contributed by atoms with Gasteiger partial charge in [-0.2, -0.15) is 0 Å². The van der Waals surface area contributed by atoms with Crippen LogP contribution in [0, 0.1) is 5.41 Å². The molecule has 1 N–H and O–H groups in total. The van der Waals surface area contributed by atoms with E-state index in [1.165, 1.54) is 0 Å². The quantitative estimate of drug-likeness (QED) is 0.685. The highest BCUT2D eigenvalue weighted by Crippen LogP contribution is 2.24. The first-order valence-corrected chi connectivity index (χ1v) is 4.34. The molecule has 70 valence electrons. The molecule has 0 saturated carbocycles. The fourth-order valence-corrected chi connectivity index (χ4v) is 1.30. The average Bonchev–Trinajstić information content (AvgIpc) is 2.32. The van der Waals surface area contributed by atoms with Crippen LogP contribution in [0.4, 0.5) is 0 Å². The molecule has 0 saturated heterocycles. The standard InChI is InChI=1S/C9H17NO2/c1-9(2,3)5-7-4-8(6-11)12-10-7/h8,11H,4-6H2,1-3H3. The summed E-state index contributed by atoms with van der Waals surface area (Å²) in [5.74, 6) is 0. The van der Waals surface area contributed by atoms with Gasteiger partial charge in [0.25, 0.3) is 0 Å². The summed E-state index contributed by atoms with van der Waals surface area (Å²) in [6.45, 7) is 6.57. The predicted molar refractivity (Wildman–Crippen MR) is 48.1 cm³/mol. The minimum absolute atomic E-state index is 0.0666. The molecule has 0 fully saturated rings. The number of hydrogen-bond donors (Lipinski definition) is 1. The minimum Gasteiger partial charge on any atom is -0.392 e. The molecule has 0 aromatic carbocycles. The number of hydrogen-bond acceptors (Lipinski definition) is 3. The molecule has 0 spiro atoms. The van der Waals surface area contributed by atoms with Crippen molar-refractivity contribution in [2.75, 3.05) is 6.61 Å². The van der Waals surface area contributed by atoms with Crippen LogP contribution in [-0.4, -0.2) is 23.5 Å². The van der Waals surface area contributed by atoms with Gasteiger partial charge in [-0.3, -0.25) is 0 Å². The smallest absolute Gasteiger partial charge is 0.155 e. The van der Waals surface area contributed by atoms with Gasteiger partial charge in [0.1, 0.15) is 0 Å². The van der Waals surface area contributed by atoms with Gasteiger partial charge in [0.15, 0.2) is 6.10 Å². The highest BCUT2D eigenvalue weighted by Gasteiger charge is 2.23. The lowest BCUT2D eigenvalue weighted by atomic mass is 9.88. The van der Waals surface area contributed by atoms with Crippen molar-refractivity contribution in [1.29, 1.82) is 0 Å². The Bertz CT molecular complexity index is 181. The van der Waals surface area contributed by atoms with Crippen molar-refractivity contribution in [2.45, 2.75) is 39.7 Å². The second-order valence-corrected chi connectivity index (χ2v) is 4.51. The summed E-state index contributed by atoms with van der Waals surface area (Å²) in [4.78, 5) is 5.00. The van der Waals surface area contributed by atoms with Crippen molar-refractivity contribution in [3.05, 3.63) is 0 Å². The highest BCUT2D eigenvalue weighted by molar-refractivity contribution is 5.85. The summed E-state index contributed by atoms with van der Waals surface area (Å²) in [5.41, 5.74) is 1.33. The molecule has 0 aliphatic carbocycles. The Morgan fingerprint density at radius 1 is 1.58 bits per heavy atom. The summed E-state index contributed by atoms with van der Waals surface area (Å²) in [6, 6.07) is 0. The Labute approximate surface area is 73.4 Å². The molecule has 3 nitrogen and oxygen atoms in total. The third-order valence-corrected chi connectivity index (χ3v) is 1.73. The van der Waals surface area contributed by atoms with Crippen LogP contribution in [0.3, 0.4) is 0 Å². The van der Waals surface area contributed by atoms with E-state index in [-0.39, 0.29) is 18.1 Å². The van der Waals surface area contributed by atoms with E-state index in [0.717, 1.165) is 18.6 Å². The van der Waals surface area contributed by atoms with E-state index in [0.29, 0.717) is 0 Å². The molecule has 3 heteroatoms. The molecule has 0 aromatic rings. The second kappa shape index (κ2) is 3.44. The molecule has 0 bridgehead atoms. The van der Waals surface area contributed by atoms with E-state index < -0.39 is 0 Å². The van der Waals surface area contributed by atoms with Gasteiger partial charge in [-0.15, -0.1) is 0 Å². The van der Waals surface area contributed by atoms with Crippen LogP contribution in [0.5, 0.6) is 0 Å². The van der Waals surface area contributed by atoms with Crippen molar-refractivity contribution in [1.82, 2.24) is 0 Å². The summed E-state index contributed by atoms with van der Waals surface area (Å²) >= 11 is 0. The van der Waals surface area contributed by atoms with Gasteiger partial charge < -0.3 is 9.94 Å². The van der Waals surface area contributed by atoms with Gasteiger partial charge in [0.05, 0.1) is 12.3 Å². The van der Waals surface area contributed by atoms with Crippen LogP contribution < -0.4 is 0 Å². The Morgan fingerprint density at radius 3 is 2.67 bits per heavy atom. The van der Waals surface area contributed by atoms with E-state index in [9.17, 15) is 0 Å². The number of aliphatic hydroxyl groups excluding tert-OH is 1. The lowest BCUT2D eigenvalue weighted by Gasteiger charge is -2.16. The zero-order valence-electron chi connectivity index (χ0n) is 8.00. The van der Waals surface area contributed by atoms with E-state index in [1.54, 1.807) is 0 Å².